The van der Waals surface area contributed by atoms with E-state index in [0.717, 1.165) is 47.0 Å². The lowest BCUT2D eigenvalue weighted by atomic mass is 10.1. The van der Waals surface area contributed by atoms with Gasteiger partial charge in [0.05, 0.1) is 5.69 Å². The van der Waals surface area contributed by atoms with Crippen LogP contribution in [0.15, 0.2) is 54.9 Å². The van der Waals surface area contributed by atoms with Crippen LogP contribution in [-0.2, 0) is 4.79 Å². The predicted molar refractivity (Wildman–Crippen MR) is 122 cm³/mol. The summed E-state index contributed by atoms with van der Waals surface area (Å²) < 4.78 is 5.91. The monoisotopic (exact) mass is 416 g/mol. The van der Waals surface area contributed by atoms with Gasteiger partial charge in [0.2, 0.25) is 0 Å². The van der Waals surface area contributed by atoms with Crippen LogP contribution in [0.3, 0.4) is 0 Å². The van der Waals surface area contributed by atoms with Crippen molar-refractivity contribution in [2.75, 3.05) is 37.7 Å². The number of aryl methyl sites for hydroxylation is 2. The second-order valence-corrected chi connectivity index (χ2v) is 7.94. The Morgan fingerprint density at radius 2 is 1.65 bits per heavy atom. The number of aromatic nitrogens is 2. The highest BCUT2D eigenvalue weighted by Gasteiger charge is 2.23. The second-order valence-electron chi connectivity index (χ2n) is 7.94. The Kier molecular flexibility index (Phi) is 6.16. The van der Waals surface area contributed by atoms with E-state index in [0.29, 0.717) is 13.1 Å². The Morgan fingerprint density at radius 1 is 0.935 bits per heavy atom. The first-order valence-electron chi connectivity index (χ1n) is 10.6. The molecule has 0 unspecified atom stereocenters. The standard InChI is InChI=1S/C25H28N4O2/c1-18-9-10-19(2)25(20(18)3)31-16-24(30)29-13-11-28(12-14-29)23-15-22(26-17-27-23)21-7-5-4-6-8-21/h4-10,15,17H,11-14,16H2,1-3H3. The molecule has 0 saturated carbocycles. The predicted octanol–water partition coefficient (Wildman–Crippen LogP) is 3.80. The van der Waals surface area contributed by atoms with Crippen molar-refractivity contribution in [2.45, 2.75) is 20.8 Å². The minimum Gasteiger partial charge on any atom is -0.483 e. The van der Waals surface area contributed by atoms with Gasteiger partial charge in [0.15, 0.2) is 6.61 Å². The van der Waals surface area contributed by atoms with Crippen LogP contribution in [0.25, 0.3) is 11.3 Å². The number of carbonyl (C=O) groups excluding carboxylic acids is 1. The molecule has 0 aliphatic carbocycles. The van der Waals surface area contributed by atoms with Crippen LogP contribution < -0.4 is 9.64 Å². The summed E-state index contributed by atoms with van der Waals surface area (Å²) >= 11 is 0. The van der Waals surface area contributed by atoms with Crippen LogP contribution in [0.1, 0.15) is 16.7 Å². The van der Waals surface area contributed by atoms with Crippen molar-refractivity contribution in [1.29, 1.82) is 0 Å². The maximum absolute atomic E-state index is 12.7. The summed E-state index contributed by atoms with van der Waals surface area (Å²) in [5.41, 5.74) is 5.29. The van der Waals surface area contributed by atoms with E-state index in [2.05, 4.69) is 27.9 Å². The first-order valence-corrected chi connectivity index (χ1v) is 10.6. The van der Waals surface area contributed by atoms with E-state index in [-0.39, 0.29) is 12.5 Å². The van der Waals surface area contributed by atoms with E-state index in [1.54, 1.807) is 6.33 Å². The van der Waals surface area contributed by atoms with Crippen molar-refractivity contribution in [1.82, 2.24) is 14.9 Å². The molecule has 6 heteroatoms. The average molecular weight is 417 g/mol. The molecule has 1 aliphatic heterocycles. The molecule has 1 aliphatic rings. The molecule has 0 radical (unpaired) electrons. The number of hydrogen-bond donors (Lipinski definition) is 0. The Labute approximate surface area is 183 Å². The van der Waals surface area contributed by atoms with Gasteiger partial charge in [-0.15, -0.1) is 0 Å². The number of nitrogens with zero attached hydrogens (tertiary/aromatic N) is 4. The van der Waals surface area contributed by atoms with E-state index in [4.69, 9.17) is 4.74 Å². The maximum Gasteiger partial charge on any atom is 0.260 e. The highest BCUT2D eigenvalue weighted by molar-refractivity contribution is 5.78. The Hall–Kier alpha value is -3.41. The van der Waals surface area contributed by atoms with E-state index in [1.807, 2.05) is 61.2 Å². The molecule has 31 heavy (non-hydrogen) atoms. The quantitative estimate of drug-likeness (QED) is 0.633. The van der Waals surface area contributed by atoms with Gasteiger partial charge in [-0.1, -0.05) is 42.5 Å². The lowest BCUT2D eigenvalue weighted by Crippen LogP contribution is -2.50. The lowest BCUT2D eigenvalue weighted by molar-refractivity contribution is -0.133. The molecule has 0 atom stereocenters. The number of benzene rings is 2. The van der Waals surface area contributed by atoms with E-state index in [1.165, 1.54) is 5.56 Å². The van der Waals surface area contributed by atoms with Gasteiger partial charge in [-0.3, -0.25) is 4.79 Å². The number of hydrogen-bond acceptors (Lipinski definition) is 5. The topological polar surface area (TPSA) is 58.6 Å². The minimum absolute atomic E-state index is 0.0209. The van der Waals surface area contributed by atoms with E-state index < -0.39 is 0 Å². The van der Waals surface area contributed by atoms with Crippen molar-refractivity contribution in [3.05, 3.63) is 71.5 Å². The summed E-state index contributed by atoms with van der Waals surface area (Å²) in [6.07, 6.45) is 1.61. The smallest absolute Gasteiger partial charge is 0.260 e. The number of rotatable bonds is 5. The Balaban J connectivity index is 1.35. The molecule has 1 fully saturated rings. The zero-order chi connectivity index (χ0) is 21.8. The molecule has 0 spiro atoms. The highest BCUT2D eigenvalue weighted by Crippen LogP contribution is 2.26. The molecule has 6 nitrogen and oxygen atoms in total. The molecule has 1 aromatic heterocycles. The zero-order valence-electron chi connectivity index (χ0n) is 18.3. The highest BCUT2D eigenvalue weighted by atomic mass is 16.5. The molecule has 1 saturated heterocycles. The van der Waals surface area contributed by atoms with Gasteiger partial charge < -0.3 is 14.5 Å². The van der Waals surface area contributed by atoms with Gasteiger partial charge in [0.1, 0.15) is 17.9 Å². The number of ether oxygens (including phenoxy) is 1. The van der Waals surface area contributed by atoms with Crippen molar-refractivity contribution >= 4 is 11.7 Å². The molecule has 2 heterocycles. The van der Waals surface area contributed by atoms with Gasteiger partial charge in [-0.05, 0) is 37.5 Å². The zero-order valence-corrected chi connectivity index (χ0v) is 18.3. The third kappa shape index (κ3) is 4.68. The van der Waals surface area contributed by atoms with Gasteiger partial charge in [0, 0.05) is 37.8 Å². The van der Waals surface area contributed by atoms with Crippen molar-refractivity contribution in [2.24, 2.45) is 0 Å². The average Bonchev–Trinajstić information content (AvgIpc) is 2.82. The lowest BCUT2D eigenvalue weighted by Gasteiger charge is -2.35. The fraction of sp³-hybridized carbons (Fsp3) is 0.320. The summed E-state index contributed by atoms with van der Waals surface area (Å²) in [7, 11) is 0. The van der Waals surface area contributed by atoms with Crippen LogP contribution in [0.2, 0.25) is 0 Å². The SMILES string of the molecule is Cc1ccc(C)c(OCC(=O)N2CCN(c3cc(-c4ccccc4)ncn3)CC2)c1C. The molecule has 160 valence electrons. The molecule has 0 bridgehead atoms. The van der Waals surface area contributed by atoms with Crippen molar-refractivity contribution < 1.29 is 9.53 Å². The van der Waals surface area contributed by atoms with Gasteiger partial charge >= 0.3 is 0 Å². The second kappa shape index (κ2) is 9.16. The first kappa shape index (κ1) is 20.8. The summed E-state index contributed by atoms with van der Waals surface area (Å²) in [6, 6.07) is 16.2. The van der Waals surface area contributed by atoms with Crippen LogP contribution in [0, 0.1) is 20.8 Å². The van der Waals surface area contributed by atoms with Crippen molar-refractivity contribution in [3.8, 4) is 17.0 Å². The summed E-state index contributed by atoms with van der Waals surface area (Å²) in [5.74, 6) is 1.73. The number of piperazine rings is 1. The fourth-order valence-corrected chi connectivity index (χ4v) is 3.84. The largest absolute Gasteiger partial charge is 0.483 e. The first-order chi connectivity index (χ1) is 15.0. The van der Waals surface area contributed by atoms with E-state index >= 15 is 0 Å². The van der Waals surface area contributed by atoms with Crippen molar-refractivity contribution in [3.63, 3.8) is 0 Å². The number of anilines is 1. The molecule has 3 aromatic rings. The molecule has 1 amide bonds. The number of carbonyl (C=O) groups is 1. The number of amides is 1. The molecule has 0 N–H and O–H groups in total. The summed E-state index contributed by atoms with van der Waals surface area (Å²) in [4.78, 5) is 25.6. The fourth-order valence-electron chi connectivity index (χ4n) is 3.84. The van der Waals surface area contributed by atoms with Crippen LogP contribution in [0.5, 0.6) is 5.75 Å². The van der Waals surface area contributed by atoms with Crippen LogP contribution in [-0.4, -0.2) is 53.6 Å². The summed E-state index contributed by atoms with van der Waals surface area (Å²) in [6.45, 7) is 8.94. The molecular weight excluding hydrogens is 388 g/mol. The van der Waals surface area contributed by atoms with Crippen LogP contribution in [0.4, 0.5) is 5.82 Å². The third-order valence-electron chi connectivity index (χ3n) is 5.89. The summed E-state index contributed by atoms with van der Waals surface area (Å²) in [5, 5.41) is 0. The Morgan fingerprint density at radius 3 is 2.39 bits per heavy atom. The normalized spacial score (nSPS) is 13.9. The van der Waals surface area contributed by atoms with Crippen LogP contribution >= 0.6 is 0 Å². The van der Waals surface area contributed by atoms with E-state index in [9.17, 15) is 4.79 Å². The van der Waals surface area contributed by atoms with Gasteiger partial charge in [0.25, 0.3) is 5.91 Å². The third-order valence-corrected chi connectivity index (χ3v) is 5.89. The maximum atomic E-state index is 12.7. The Bertz CT molecular complexity index is 1060. The molecule has 2 aromatic carbocycles. The minimum atomic E-state index is 0.0209. The molecule has 4 rings (SSSR count). The van der Waals surface area contributed by atoms with Gasteiger partial charge in [-0.25, -0.2) is 9.97 Å². The van der Waals surface area contributed by atoms with Gasteiger partial charge in [-0.2, -0.15) is 0 Å². The molecular formula is C25H28N4O2.